The van der Waals surface area contributed by atoms with E-state index < -0.39 is 11.2 Å². The van der Waals surface area contributed by atoms with Crippen molar-refractivity contribution in [1.82, 2.24) is 24.6 Å². The van der Waals surface area contributed by atoms with E-state index in [2.05, 4.69) is 15.2 Å². The molecule has 30 heavy (non-hydrogen) atoms. The number of nitrogens with one attached hydrogen (secondary N) is 2. The Bertz CT molecular complexity index is 1120. The van der Waals surface area contributed by atoms with Crippen LogP contribution >= 0.6 is 0 Å². The first kappa shape index (κ1) is 21.2. The molecule has 0 spiro atoms. The molecule has 9 heteroatoms. The number of likely N-dealkylation sites (N-methyl/N-ethyl adjacent to an activating group) is 1. The molecule has 2 N–H and O–H groups in total. The van der Waals surface area contributed by atoms with Crippen LogP contribution in [0.5, 0.6) is 0 Å². The van der Waals surface area contributed by atoms with E-state index in [-0.39, 0.29) is 18.3 Å². The predicted octanol–water partition coefficient (Wildman–Crippen LogP) is 1.94. The van der Waals surface area contributed by atoms with E-state index in [1.807, 2.05) is 12.1 Å². The van der Waals surface area contributed by atoms with E-state index in [4.69, 9.17) is 0 Å². The zero-order valence-corrected chi connectivity index (χ0v) is 16.7. The Morgan fingerprint density at radius 3 is 2.77 bits per heavy atom. The number of aryl methyl sites for hydroxylation is 1. The van der Waals surface area contributed by atoms with E-state index in [9.17, 15) is 18.8 Å². The fourth-order valence-electron chi connectivity index (χ4n) is 3.09. The first-order chi connectivity index (χ1) is 14.4. The van der Waals surface area contributed by atoms with Gasteiger partial charge in [0, 0.05) is 37.1 Å². The Hall–Kier alpha value is -3.49. The lowest BCUT2D eigenvalue weighted by Crippen LogP contribution is -2.36. The molecule has 0 unspecified atom stereocenters. The molecule has 1 amide bonds. The first-order valence-electron chi connectivity index (χ1n) is 9.76. The molecule has 0 saturated carbocycles. The van der Waals surface area contributed by atoms with Crippen molar-refractivity contribution >= 4 is 5.91 Å². The highest BCUT2D eigenvalue weighted by Crippen LogP contribution is 2.19. The van der Waals surface area contributed by atoms with Crippen LogP contribution in [0, 0.1) is 5.82 Å². The fourth-order valence-corrected chi connectivity index (χ4v) is 3.09. The predicted molar refractivity (Wildman–Crippen MR) is 110 cm³/mol. The van der Waals surface area contributed by atoms with Gasteiger partial charge in [0.15, 0.2) is 0 Å². The number of amides is 1. The van der Waals surface area contributed by atoms with Gasteiger partial charge >= 0.3 is 5.69 Å². The van der Waals surface area contributed by atoms with Gasteiger partial charge in [0.1, 0.15) is 12.4 Å². The summed E-state index contributed by atoms with van der Waals surface area (Å²) in [6, 6.07) is 9.46. The Balaban J connectivity index is 1.39. The number of aromatic nitrogens is 4. The van der Waals surface area contributed by atoms with E-state index >= 15 is 0 Å². The Kier molecular flexibility index (Phi) is 6.95. The molecular weight excluding hydrogens is 389 g/mol. The van der Waals surface area contributed by atoms with Crippen molar-refractivity contribution in [1.29, 1.82) is 0 Å². The second kappa shape index (κ2) is 9.82. The minimum Gasteiger partial charge on any atom is -0.344 e. The van der Waals surface area contributed by atoms with Crippen LogP contribution in [-0.2, 0) is 17.8 Å². The summed E-state index contributed by atoms with van der Waals surface area (Å²) >= 11 is 0. The van der Waals surface area contributed by atoms with Gasteiger partial charge < -0.3 is 4.90 Å². The minimum atomic E-state index is -0.596. The Morgan fingerprint density at radius 2 is 2.00 bits per heavy atom. The number of halogens is 1. The van der Waals surface area contributed by atoms with E-state index in [0.717, 1.165) is 36.9 Å². The van der Waals surface area contributed by atoms with Crippen LogP contribution in [0.4, 0.5) is 4.39 Å². The first-order valence-corrected chi connectivity index (χ1v) is 9.76. The third kappa shape index (κ3) is 5.76. The van der Waals surface area contributed by atoms with Crippen LogP contribution in [0.25, 0.3) is 11.3 Å². The van der Waals surface area contributed by atoms with Crippen molar-refractivity contribution in [3.8, 4) is 11.3 Å². The number of carbonyl (C=O) groups is 1. The molecule has 8 nitrogen and oxygen atoms in total. The lowest BCUT2D eigenvalue weighted by Gasteiger charge is -2.17. The summed E-state index contributed by atoms with van der Waals surface area (Å²) < 4.78 is 14.5. The number of carbonyl (C=O) groups excluding carboxylic acids is 1. The number of aromatic amines is 2. The number of rotatable bonds is 9. The summed E-state index contributed by atoms with van der Waals surface area (Å²) in [6.07, 6.45) is 4.80. The van der Waals surface area contributed by atoms with Gasteiger partial charge in [-0.1, -0.05) is 18.6 Å². The van der Waals surface area contributed by atoms with Crippen molar-refractivity contribution < 1.29 is 9.18 Å². The summed E-state index contributed by atoms with van der Waals surface area (Å²) in [5.74, 6) is -0.487. The zero-order chi connectivity index (χ0) is 21.5. The summed E-state index contributed by atoms with van der Waals surface area (Å²) in [7, 11) is 1.69. The highest BCUT2D eigenvalue weighted by Gasteiger charge is 2.10. The van der Waals surface area contributed by atoms with Crippen LogP contribution in [0.15, 0.2) is 52.2 Å². The third-order valence-corrected chi connectivity index (χ3v) is 4.82. The molecule has 1 aromatic carbocycles. The van der Waals surface area contributed by atoms with E-state index in [0.29, 0.717) is 12.2 Å². The van der Waals surface area contributed by atoms with Crippen molar-refractivity contribution in [3.63, 3.8) is 0 Å². The molecule has 0 bridgehead atoms. The molecule has 0 fully saturated rings. The molecule has 0 saturated heterocycles. The van der Waals surface area contributed by atoms with Crippen LogP contribution in [-0.4, -0.2) is 44.1 Å². The summed E-state index contributed by atoms with van der Waals surface area (Å²) in [5, 5.41) is 7.22. The molecule has 0 aliphatic rings. The molecule has 2 heterocycles. The highest BCUT2D eigenvalue weighted by molar-refractivity contribution is 5.75. The normalized spacial score (nSPS) is 10.9. The van der Waals surface area contributed by atoms with Gasteiger partial charge in [-0.05, 0) is 37.5 Å². The zero-order valence-electron chi connectivity index (χ0n) is 16.7. The number of benzene rings is 1. The second-order valence-electron chi connectivity index (χ2n) is 7.15. The van der Waals surface area contributed by atoms with Crippen molar-refractivity contribution in [3.05, 3.63) is 74.9 Å². The minimum absolute atomic E-state index is 0.108. The number of nitrogens with zero attached hydrogens (tertiary/aromatic N) is 3. The summed E-state index contributed by atoms with van der Waals surface area (Å²) in [4.78, 5) is 38.7. The quantitative estimate of drug-likeness (QED) is 0.523. The van der Waals surface area contributed by atoms with E-state index in [1.54, 1.807) is 18.0 Å². The van der Waals surface area contributed by atoms with Gasteiger partial charge in [0.25, 0.3) is 5.56 Å². The van der Waals surface area contributed by atoms with Gasteiger partial charge in [-0.15, -0.1) is 0 Å². The molecule has 0 aliphatic carbocycles. The SMILES string of the molecule is CN(CCCCCc1cc(-c2cccc(F)c2)n[nH]1)C(=O)Cn1ccc(=O)[nH]c1=O. The van der Waals surface area contributed by atoms with Crippen LogP contribution < -0.4 is 11.2 Å². The van der Waals surface area contributed by atoms with Crippen LogP contribution in [0.3, 0.4) is 0 Å². The van der Waals surface area contributed by atoms with Gasteiger partial charge in [0.05, 0.1) is 5.69 Å². The van der Waals surface area contributed by atoms with Gasteiger partial charge in [-0.3, -0.25) is 24.2 Å². The lowest BCUT2D eigenvalue weighted by molar-refractivity contribution is -0.130. The monoisotopic (exact) mass is 413 g/mol. The maximum absolute atomic E-state index is 13.3. The molecule has 0 aliphatic heterocycles. The largest absolute Gasteiger partial charge is 0.344 e. The third-order valence-electron chi connectivity index (χ3n) is 4.82. The second-order valence-corrected chi connectivity index (χ2v) is 7.15. The molecule has 2 aromatic heterocycles. The topological polar surface area (TPSA) is 104 Å². The molecule has 3 rings (SSSR count). The van der Waals surface area contributed by atoms with Crippen LogP contribution in [0.2, 0.25) is 0 Å². The number of H-pyrrole nitrogens is 2. The fraction of sp³-hybridized carbons (Fsp3) is 0.333. The smallest absolute Gasteiger partial charge is 0.328 e. The summed E-state index contributed by atoms with van der Waals surface area (Å²) in [5.41, 5.74) is 1.35. The maximum Gasteiger partial charge on any atom is 0.328 e. The Labute approximate surface area is 172 Å². The molecular formula is C21H24FN5O3. The molecule has 0 radical (unpaired) electrons. The van der Waals surface area contributed by atoms with E-state index in [1.165, 1.54) is 29.0 Å². The average Bonchev–Trinajstić information content (AvgIpc) is 3.18. The standard InChI is InChI=1S/C21H24FN5O3/c1-26(20(29)14-27-11-9-19(28)23-21(27)30)10-4-2-3-8-17-13-18(25-24-17)15-6-5-7-16(22)12-15/h5-7,9,11-13H,2-4,8,10,14H2,1H3,(H,24,25)(H,23,28,30). The number of hydrogen-bond donors (Lipinski definition) is 2. The number of unbranched alkanes of at least 4 members (excludes halogenated alkanes) is 2. The molecule has 3 aromatic rings. The van der Waals surface area contributed by atoms with Gasteiger partial charge in [-0.25, -0.2) is 9.18 Å². The Morgan fingerprint density at radius 1 is 1.17 bits per heavy atom. The molecule has 158 valence electrons. The summed E-state index contributed by atoms with van der Waals surface area (Å²) in [6.45, 7) is 0.470. The van der Waals surface area contributed by atoms with Crippen molar-refractivity contribution in [2.45, 2.75) is 32.2 Å². The average molecular weight is 413 g/mol. The van der Waals surface area contributed by atoms with Crippen LogP contribution in [0.1, 0.15) is 25.0 Å². The van der Waals surface area contributed by atoms with Crippen molar-refractivity contribution in [2.75, 3.05) is 13.6 Å². The van der Waals surface area contributed by atoms with Gasteiger partial charge in [0.2, 0.25) is 5.91 Å². The lowest BCUT2D eigenvalue weighted by atomic mass is 10.1. The highest BCUT2D eigenvalue weighted by atomic mass is 19.1. The molecule has 0 atom stereocenters. The maximum atomic E-state index is 13.3. The van der Waals surface area contributed by atoms with Gasteiger partial charge in [-0.2, -0.15) is 5.10 Å². The van der Waals surface area contributed by atoms with Crippen molar-refractivity contribution in [2.24, 2.45) is 0 Å². The number of hydrogen-bond acceptors (Lipinski definition) is 4.